The number of ether oxygens (including phenoxy) is 1. The summed E-state index contributed by atoms with van der Waals surface area (Å²) in [5, 5.41) is 6.68. The zero-order valence-electron chi connectivity index (χ0n) is 17.5. The normalized spacial score (nSPS) is 19.9. The topological polar surface area (TPSA) is 50.4 Å². The molecule has 1 heterocycles. The maximum Gasteiger partial charge on any atom is 0.163 e. The fraction of sp³-hybridized carbons (Fsp3) is 0.192. The smallest absolute Gasteiger partial charge is 0.163 e. The molecule has 0 radical (unpaired) electrons. The molecular formula is C26H22F2N2O2. The zero-order valence-corrected chi connectivity index (χ0v) is 17.5. The molecule has 162 valence electrons. The van der Waals surface area contributed by atoms with E-state index in [9.17, 15) is 13.6 Å². The van der Waals surface area contributed by atoms with Gasteiger partial charge in [-0.25, -0.2) is 8.78 Å². The van der Waals surface area contributed by atoms with Crippen LogP contribution in [0, 0.1) is 11.6 Å². The maximum atomic E-state index is 14.8. The summed E-state index contributed by atoms with van der Waals surface area (Å²) in [7, 11) is 1.61. The highest BCUT2D eigenvalue weighted by molar-refractivity contribution is 6.01. The molecule has 5 rings (SSSR count). The van der Waals surface area contributed by atoms with Crippen LogP contribution in [0.3, 0.4) is 0 Å². The van der Waals surface area contributed by atoms with Crippen molar-refractivity contribution in [1.29, 1.82) is 0 Å². The minimum Gasteiger partial charge on any atom is -0.497 e. The van der Waals surface area contributed by atoms with Gasteiger partial charge in [0.05, 0.1) is 24.5 Å². The molecule has 0 spiro atoms. The van der Waals surface area contributed by atoms with Crippen LogP contribution in [0.1, 0.15) is 35.9 Å². The van der Waals surface area contributed by atoms with E-state index in [4.69, 9.17) is 4.74 Å². The first-order valence-corrected chi connectivity index (χ1v) is 10.5. The molecule has 6 heteroatoms. The van der Waals surface area contributed by atoms with Crippen LogP contribution in [0.2, 0.25) is 0 Å². The van der Waals surface area contributed by atoms with Gasteiger partial charge in [-0.15, -0.1) is 0 Å². The van der Waals surface area contributed by atoms with Gasteiger partial charge >= 0.3 is 0 Å². The summed E-state index contributed by atoms with van der Waals surface area (Å²) < 4.78 is 34.2. The number of nitrogens with one attached hydrogen (secondary N) is 2. The number of benzene rings is 3. The van der Waals surface area contributed by atoms with Crippen molar-refractivity contribution in [2.75, 3.05) is 17.7 Å². The molecule has 2 unspecified atom stereocenters. The summed E-state index contributed by atoms with van der Waals surface area (Å²) in [5.41, 5.74) is 3.80. The molecule has 2 N–H and O–H groups in total. The van der Waals surface area contributed by atoms with Crippen LogP contribution in [-0.4, -0.2) is 12.9 Å². The van der Waals surface area contributed by atoms with Crippen LogP contribution in [0.25, 0.3) is 0 Å². The lowest BCUT2D eigenvalue weighted by molar-refractivity contribution is -0.116. The van der Waals surface area contributed by atoms with Crippen molar-refractivity contribution in [3.63, 3.8) is 0 Å². The number of anilines is 2. The molecule has 3 aromatic rings. The van der Waals surface area contributed by atoms with E-state index in [1.807, 2.05) is 48.5 Å². The van der Waals surface area contributed by atoms with Crippen LogP contribution >= 0.6 is 0 Å². The number of fused-ring (bicyclic) bond motifs is 1. The number of hydrogen-bond acceptors (Lipinski definition) is 4. The summed E-state index contributed by atoms with van der Waals surface area (Å²) in [5.74, 6) is -0.519. The fourth-order valence-electron chi connectivity index (χ4n) is 4.59. The average molecular weight is 432 g/mol. The van der Waals surface area contributed by atoms with Gasteiger partial charge in [0, 0.05) is 23.3 Å². The third kappa shape index (κ3) is 3.62. The Bertz CT molecular complexity index is 1240. The largest absolute Gasteiger partial charge is 0.497 e. The van der Waals surface area contributed by atoms with Crippen molar-refractivity contribution in [2.45, 2.75) is 24.8 Å². The quantitative estimate of drug-likeness (QED) is 0.537. The van der Waals surface area contributed by atoms with Crippen LogP contribution < -0.4 is 15.4 Å². The van der Waals surface area contributed by atoms with Crippen LogP contribution in [-0.2, 0) is 4.79 Å². The Kier molecular flexibility index (Phi) is 5.13. The van der Waals surface area contributed by atoms with Gasteiger partial charge in [-0.1, -0.05) is 24.3 Å². The van der Waals surface area contributed by atoms with Gasteiger partial charge in [0.2, 0.25) is 0 Å². The fourth-order valence-corrected chi connectivity index (χ4v) is 4.59. The highest BCUT2D eigenvalue weighted by atomic mass is 19.1. The first kappa shape index (κ1) is 20.2. The molecule has 0 saturated carbocycles. The van der Waals surface area contributed by atoms with Gasteiger partial charge in [-0.05, 0) is 60.4 Å². The van der Waals surface area contributed by atoms with Crippen LogP contribution in [0.15, 0.2) is 78.0 Å². The number of carbonyl (C=O) groups is 1. The molecule has 1 aliphatic carbocycles. The number of carbonyl (C=O) groups excluding carboxylic acids is 1. The second-order valence-electron chi connectivity index (χ2n) is 8.11. The number of ketones is 1. The highest BCUT2D eigenvalue weighted by Crippen LogP contribution is 2.45. The molecule has 0 fully saturated rings. The third-order valence-electron chi connectivity index (χ3n) is 6.14. The molecule has 2 atom stereocenters. The summed E-state index contributed by atoms with van der Waals surface area (Å²) >= 11 is 0. The van der Waals surface area contributed by atoms with E-state index >= 15 is 0 Å². The van der Waals surface area contributed by atoms with Gasteiger partial charge in [-0.2, -0.15) is 0 Å². The molecule has 0 amide bonds. The summed E-state index contributed by atoms with van der Waals surface area (Å²) in [6.07, 6.45) is 0.844. The van der Waals surface area contributed by atoms with Gasteiger partial charge in [0.25, 0.3) is 0 Å². The molecule has 0 saturated heterocycles. The number of para-hydroxylation sites is 2. The number of allylic oxidation sites excluding steroid dienone is 1. The third-order valence-corrected chi connectivity index (χ3v) is 6.14. The van der Waals surface area contributed by atoms with Crippen LogP contribution in [0.5, 0.6) is 5.75 Å². The molecule has 32 heavy (non-hydrogen) atoms. The number of methoxy groups -OCH3 is 1. The SMILES string of the molecule is COc1cccc(C2CC(=O)C3=C(C2)Nc2ccccc2NC3c2cc(F)ccc2F)c1. The van der Waals surface area contributed by atoms with Crippen molar-refractivity contribution < 1.29 is 18.3 Å². The Morgan fingerprint density at radius 3 is 2.56 bits per heavy atom. The van der Waals surface area contributed by atoms with Gasteiger partial charge in [-0.3, -0.25) is 4.79 Å². The zero-order chi connectivity index (χ0) is 22.2. The number of halogens is 2. The Hall–Kier alpha value is -3.67. The second-order valence-corrected chi connectivity index (χ2v) is 8.11. The van der Waals surface area contributed by atoms with E-state index in [2.05, 4.69) is 10.6 Å². The Morgan fingerprint density at radius 2 is 1.75 bits per heavy atom. The Morgan fingerprint density at radius 1 is 0.938 bits per heavy atom. The monoisotopic (exact) mass is 432 g/mol. The molecule has 0 aromatic heterocycles. The Balaban J connectivity index is 1.62. The first-order valence-electron chi connectivity index (χ1n) is 10.5. The number of rotatable bonds is 3. The lowest BCUT2D eigenvalue weighted by Gasteiger charge is -2.30. The van der Waals surface area contributed by atoms with E-state index in [-0.39, 0.29) is 23.7 Å². The molecule has 4 nitrogen and oxygen atoms in total. The van der Waals surface area contributed by atoms with Crippen molar-refractivity contribution in [3.8, 4) is 5.75 Å². The minimum absolute atomic E-state index is 0.0490. The van der Waals surface area contributed by atoms with Crippen LogP contribution in [0.4, 0.5) is 20.2 Å². The van der Waals surface area contributed by atoms with Crippen molar-refractivity contribution in [3.05, 3.63) is 101 Å². The van der Waals surface area contributed by atoms with E-state index < -0.39 is 17.7 Å². The van der Waals surface area contributed by atoms with Crippen molar-refractivity contribution >= 4 is 17.2 Å². The van der Waals surface area contributed by atoms with Crippen molar-refractivity contribution in [1.82, 2.24) is 0 Å². The standard InChI is InChI=1S/C26H22F2N2O2/c1-32-18-6-4-5-15(11-18)16-12-23-25(24(31)13-16)26(19-14-17(27)9-10-20(19)28)30-22-8-3-2-7-21(22)29-23/h2-11,14,16,26,29-30H,12-13H2,1H3. The first-order chi connectivity index (χ1) is 15.5. The Labute approximate surface area is 184 Å². The maximum absolute atomic E-state index is 14.8. The molecule has 0 bridgehead atoms. The predicted octanol–water partition coefficient (Wildman–Crippen LogP) is 5.95. The second kappa shape index (κ2) is 8.11. The van der Waals surface area contributed by atoms with E-state index in [0.29, 0.717) is 12.0 Å². The molecular weight excluding hydrogens is 410 g/mol. The molecule has 2 aliphatic rings. The van der Waals surface area contributed by atoms with E-state index in [1.54, 1.807) is 7.11 Å². The summed E-state index contributed by atoms with van der Waals surface area (Å²) in [4.78, 5) is 13.5. The van der Waals surface area contributed by atoms with Gasteiger partial charge in [0.1, 0.15) is 17.4 Å². The lowest BCUT2D eigenvalue weighted by Crippen LogP contribution is -2.27. The lowest BCUT2D eigenvalue weighted by atomic mass is 9.78. The van der Waals surface area contributed by atoms with Gasteiger partial charge in [0.15, 0.2) is 5.78 Å². The van der Waals surface area contributed by atoms with E-state index in [1.165, 1.54) is 0 Å². The molecule has 1 aliphatic heterocycles. The minimum atomic E-state index is -0.796. The summed E-state index contributed by atoms with van der Waals surface area (Å²) in [6, 6.07) is 17.8. The highest BCUT2D eigenvalue weighted by Gasteiger charge is 2.37. The predicted molar refractivity (Wildman–Crippen MR) is 120 cm³/mol. The van der Waals surface area contributed by atoms with E-state index in [0.717, 1.165) is 46.6 Å². The molecule has 3 aromatic carbocycles. The van der Waals surface area contributed by atoms with Crippen molar-refractivity contribution in [2.24, 2.45) is 0 Å². The average Bonchev–Trinajstić information content (AvgIpc) is 2.97. The van der Waals surface area contributed by atoms with Gasteiger partial charge < -0.3 is 15.4 Å². The number of Topliss-reactive ketones (excluding diaryl/α,β-unsaturated/α-hetero) is 1. The number of hydrogen-bond donors (Lipinski definition) is 2. The summed E-state index contributed by atoms with van der Waals surface area (Å²) in [6.45, 7) is 0.